The summed E-state index contributed by atoms with van der Waals surface area (Å²) in [5.74, 6) is 0.544. The molecule has 3 aliphatic rings. The number of aliphatic imine (C=N–C) groups is 1. The lowest BCUT2D eigenvalue weighted by Crippen LogP contribution is -2.35. The van der Waals surface area contributed by atoms with Gasteiger partial charge < -0.3 is 0 Å². The van der Waals surface area contributed by atoms with Crippen molar-refractivity contribution in [2.75, 3.05) is 6.26 Å². The van der Waals surface area contributed by atoms with E-state index in [1.807, 2.05) is 30.5 Å². The maximum Gasteiger partial charge on any atom is 0.283 e. The lowest BCUT2D eigenvalue weighted by molar-refractivity contribution is -0.114. The molecule has 1 fully saturated rings. The molecular weight excluding hydrogens is 388 g/mol. The highest BCUT2D eigenvalue weighted by Crippen LogP contribution is 2.33. The first-order valence-corrected chi connectivity index (χ1v) is 11.8. The number of hydrogen-bond acceptors (Lipinski definition) is 5. The van der Waals surface area contributed by atoms with Crippen LogP contribution in [0.5, 0.6) is 0 Å². The normalized spacial score (nSPS) is 21.8. The van der Waals surface area contributed by atoms with Crippen LogP contribution in [0.25, 0.3) is 6.08 Å². The first-order chi connectivity index (χ1) is 13.6. The molecule has 0 bridgehead atoms. The van der Waals surface area contributed by atoms with Crippen LogP contribution in [0.1, 0.15) is 50.5 Å². The third-order valence-corrected chi connectivity index (χ3v) is 7.13. The molecule has 1 aromatic rings. The number of rotatable bonds is 5. The van der Waals surface area contributed by atoms with Crippen molar-refractivity contribution in [1.29, 1.82) is 5.41 Å². The van der Waals surface area contributed by atoms with Gasteiger partial charge in [0.1, 0.15) is 5.04 Å². The van der Waals surface area contributed by atoms with E-state index in [2.05, 4.69) is 10.1 Å². The molecule has 1 aliphatic carbocycles. The molecule has 1 aromatic carbocycles. The Balaban J connectivity index is 1.47. The zero-order valence-electron chi connectivity index (χ0n) is 16.0. The van der Waals surface area contributed by atoms with E-state index in [1.54, 1.807) is 17.8 Å². The summed E-state index contributed by atoms with van der Waals surface area (Å²) in [6.45, 7) is 0. The van der Waals surface area contributed by atoms with Crippen molar-refractivity contribution in [3.8, 4) is 0 Å². The van der Waals surface area contributed by atoms with Crippen LogP contribution < -0.4 is 0 Å². The number of benzene rings is 1. The van der Waals surface area contributed by atoms with Gasteiger partial charge in [0.15, 0.2) is 5.84 Å². The van der Waals surface area contributed by atoms with E-state index in [1.165, 1.54) is 48.9 Å². The Bertz CT molecular complexity index is 867. The molecule has 4 rings (SSSR count). The SMILES string of the molecule is CSc1ccc(/C=C2\C(=N)N3N=C(CCC4CCCCC4)SC3=NC2=O)cc1. The molecule has 0 unspecified atom stereocenters. The molecule has 5 nitrogen and oxygen atoms in total. The molecule has 28 heavy (non-hydrogen) atoms. The fourth-order valence-electron chi connectivity index (χ4n) is 3.80. The highest BCUT2D eigenvalue weighted by molar-refractivity contribution is 8.26. The molecule has 0 radical (unpaired) electrons. The summed E-state index contributed by atoms with van der Waals surface area (Å²) in [4.78, 5) is 17.8. The number of fused-ring (bicyclic) bond motifs is 1. The van der Waals surface area contributed by atoms with Crippen LogP contribution in [-0.2, 0) is 4.79 Å². The second-order valence-electron chi connectivity index (χ2n) is 7.33. The minimum atomic E-state index is -0.360. The second-order valence-corrected chi connectivity index (χ2v) is 9.25. The van der Waals surface area contributed by atoms with E-state index in [0.29, 0.717) is 10.7 Å². The number of amides is 1. The fraction of sp³-hybridized carbons (Fsp3) is 0.429. The van der Waals surface area contributed by atoms with Gasteiger partial charge in [-0.2, -0.15) is 15.1 Å². The van der Waals surface area contributed by atoms with E-state index in [4.69, 9.17) is 5.41 Å². The van der Waals surface area contributed by atoms with Gasteiger partial charge in [0, 0.05) is 4.90 Å². The third-order valence-electron chi connectivity index (χ3n) is 5.41. The maximum absolute atomic E-state index is 12.5. The Hall–Kier alpha value is -1.86. The van der Waals surface area contributed by atoms with E-state index in [9.17, 15) is 4.79 Å². The molecule has 0 atom stereocenters. The number of carbonyl (C=O) groups is 1. The number of nitrogens with zero attached hydrogens (tertiary/aromatic N) is 3. The summed E-state index contributed by atoms with van der Waals surface area (Å²) >= 11 is 3.11. The summed E-state index contributed by atoms with van der Waals surface area (Å²) in [5.41, 5.74) is 1.18. The molecule has 0 spiro atoms. The van der Waals surface area contributed by atoms with Gasteiger partial charge in [-0.1, -0.05) is 44.2 Å². The van der Waals surface area contributed by atoms with Crippen LogP contribution in [0.2, 0.25) is 0 Å². The molecule has 1 amide bonds. The van der Waals surface area contributed by atoms with Gasteiger partial charge in [-0.25, -0.2) is 0 Å². The van der Waals surface area contributed by atoms with Gasteiger partial charge in [0.05, 0.1) is 5.57 Å². The smallest absolute Gasteiger partial charge is 0.282 e. The average Bonchev–Trinajstić information content (AvgIpc) is 3.14. The Morgan fingerprint density at radius 1 is 1.25 bits per heavy atom. The standard InChI is InChI=1S/C21H24N4OS2/c1-27-16-10-7-15(8-11-16)13-17-19(22)25-21(23-20(17)26)28-18(24-25)12-9-14-5-3-2-4-6-14/h7-8,10-11,13-14,22H,2-6,9,12H2,1H3/b17-13+,22-19?. The summed E-state index contributed by atoms with van der Waals surface area (Å²) in [7, 11) is 0. The highest BCUT2D eigenvalue weighted by Gasteiger charge is 2.35. The molecule has 7 heteroatoms. The second kappa shape index (κ2) is 8.66. The monoisotopic (exact) mass is 412 g/mol. The third kappa shape index (κ3) is 4.25. The summed E-state index contributed by atoms with van der Waals surface area (Å²) in [6.07, 6.45) is 12.5. The lowest BCUT2D eigenvalue weighted by atomic mass is 9.86. The molecule has 1 N–H and O–H groups in total. The minimum absolute atomic E-state index is 0.115. The number of amidine groups is 2. The van der Waals surface area contributed by atoms with Gasteiger partial charge in [-0.3, -0.25) is 10.2 Å². The van der Waals surface area contributed by atoms with E-state index < -0.39 is 0 Å². The summed E-state index contributed by atoms with van der Waals surface area (Å²) in [5, 5.41) is 16.1. The van der Waals surface area contributed by atoms with Gasteiger partial charge in [-0.05, 0) is 60.5 Å². The molecule has 2 heterocycles. The minimum Gasteiger partial charge on any atom is -0.282 e. The molecule has 146 valence electrons. The van der Waals surface area contributed by atoms with Gasteiger partial charge in [0.2, 0.25) is 5.17 Å². The van der Waals surface area contributed by atoms with Crippen molar-refractivity contribution >= 4 is 51.6 Å². The number of nitrogens with one attached hydrogen (secondary N) is 1. The zero-order chi connectivity index (χ0) is 19.5. The Morgan fingerprint density at radius 3 is 2.71 bits per heavy atom. The number of thioether (sulfide) groups is 2. The average molecular weight is 413 g/mol. The molecular formula is C21H24N4OS2. The Kier molecular flexibility index (Phi) is 6.01. The molecule has 0 saturated heterocycles. The van der Waals surface area contributed by atoms with Crippen molar-refractivity contribution in [2.24, 2.45) is 16.0 Å². The predicted molar refractivity (Wildman–Crippen MR) is 119 cm³/mol. The topological polar surface area (TPSA) is 68.9 Å². The maximum atomic E-state index is 12.5. The van der Waals surface area contributed by atoms with Crippen molar-refractivity contribution in [2.45, 2.75) is 49.8 Å². The lowest BCUT2D eigenvalue weighted by Gasteiger charge is -2.20. The van der Waals surface area contributed by atoms with Crippen LogP contribution in [-0.4, -0.2) is 33.2 Å². The van der Waals surface area contributed by atoms with Crippen molar-refractivity contribution < 1.29 is 4.79 Å². The summed E-state index contributed by atoms with van der Waals surface area (Å²) in [6, 6.07) is 7.93. The first-order valence-electron chi connectivity index (χ1n) is 9.77. The zero-order valence-corrected chi connectivity index (χ0v) is 17.6. The van der Waals surface area contributed by atoms with Crippen molar-refractivity contribution in [1.82, 2.24) is 5.01 Å². The van der Waals surface area contributed by atoms with E-state index in [-0.39, 0.29) is 11.7 Å². The number of hydrogen-bond donors (Lipinski definition) is 1. The molecule has 0 aromatic heterocycles. The quantitative estimate of drug-likeness (QED) is 0.520. The van der Waals surface area contributed by atoms with Crippen LogP contribution in [0.15, 0.2) is 44.8 Å². The van der Waals surface area contributed by atoms with Gasteiger partial charge in [-0.15, -0.1) is 11.8 Å². The van der Waals surface area contributed by atoms with Crippen molar-refractivity contribution in [3.05, 3.63) is 35.4 Å². The van der Waals surface area contributed by atoms with E-state index >= 15 is 0 Å². The summed E-state index contributed by atoms with van der Waals surface area (Å²) < 4.78 is 0. The molecule has 1 saturated carbocycles. The first kappa shape index (κ1) is 19.5. The van der Waals surface area contributed by atoms with Gasteiger partial charge in [0.25, 0.3) is 5.91 Å². The predicted octanol–water partition coefficient (Wildman–Crippen LogP) is 5.39. The van der Waals surface area contributed by atoms with Gasteiger partial charge >= 0.3 is 0 Å². The van der Waals surface area contributed by atoms with Crippen molar-refractivity contribution in [3.63, 3.8) is 0 Å². The number of carbonyl (C=O) groups excluding carboxylic acids is 1. The Labute approximate surface area is 174 Å². The molecule has 2 aliphatic heterocycles. The van der Waals surface area contributed by atoms with Crippen LogP contribution in [0, 0.1) is 11.3 Å². The fourth-order valence-corrected chi connectivity index (χ4v) is 5.11. The van der Waals surface area contributed by atoms with Crippen LogP contribution in [0.3, 0.4) is 0 Å². The van der Waals surface area contributed by atoms with E-state index in [0.717, 1.165) is 34.3 Å². The highest BCUT2D eigenvalue weighted by atomic mass is 32.2. The Morgan fingerprint density at radius 2 is 2.00 bits per heavy atom. The van der Waals surface area contributed by atoms with Crippen LogP contribution in [0.4, 0.5) is 0 Å². The van der Waals surface area contributed by atoms with Crippen LogP contribution >= 0.6 is 23.5 Å². The largest absolute Gasteiger partial charge is 0.283 e. The number of hydrazone groups is 1.